The highest BCUT2D eigenvalue weighted by molar-refractivity contribution is 5.80. The third kappa shape index (κ3) is 6.76. The predicted octanol–water partition coefficient (Wildman–Crippen LogP) is 2.69. The minimum atomic E-state index is -2.91. The fraction of sp³-hybridized carbons (Fsp3) is 0.600. The van der Waals surface area contributed by atoms with Crippen molar-refractivity contribution >= 4 is 11.9 Å². The third-order valence-corrected chi connectivity index (χ3v) is 4.77. The van der Waals surface area contributed by atoms with E-state index in [4.69, 9.17) is 9.47 Å². The molecule has 0 saturated carbocycles. The minimum absolute atomic E-state index is 0.0146. The molecule has 0 aliphatic carbocycles. The SMILES string of the molecule is CCNC(=NCCc1ccc(OC)c(OC(F)F)c1)N1CCC(C(=O)OC)CC1. The number of hydrogen-bond donors (Lipinski definition) is 1. The van der Waals surface area contributed by atoms with Crippen LogP contribution in [0.2, 0.25) is 0 Å². The number of halogens is 2. The number of likely N-dealkylation sites (tertiary alicyclic amines) is 1. The first-order valence-electron chi connectivity index (χ1n) is 9.71. The fourth-order valence-electron chi connectivity index (χ4n) is 3.28. The van der Waals surface area contributed by atoms with Crippen LogP contribution >= 0.6 is 0 Å². The molecule has 1 saturated heterocycles. The second kappa shape index (κ2) is 11.4. The molecule has 9 heteroatoms. The maximum atomic E-state index is 12.6. The van der Waals surface area contributed by atoms with Crippen LogP contribution in [-0.2, 0) is 16.0 Å². The van der Waals surface area contributed by atoms with Crippen LogP contribution in [-0.4, -0.2) is 63.8 Å². The Balaban J connectivity index is 1.98. The molecule has 0 atom stereocenters. The molecule has 2 rings (SSSR count). The van der Waals surface area contributed by atoms with E-state index >= 15 is 0 Å². The first kappa shape index (κ1) is 22.7. The third-order valence-electron chi connectivity index (χ3n) is 4.77. The number of alkyl halides is 2. The summed E-state index contributed by atoms with van der Waals surface area (Å²) in [7, 11) is 2.82. The molecule has 1 aliphatic rings. The van der Waals surface area contributed by atoms with Gasteiger partial charge >= 0.3 is 12.6 Å². The minimum Gasteiger partial charge on any atom is -0.493 e. The molecule has 0 unspecified atom stereocenters. The summed E-state index contributed by atoms with van der Waals surface area (Å²) in [6, 6.07) is 4.97. The molecule has 0 amide bonds. The lowest BCUT2D eigenvalue weighted by Gasteiger charge is -2.33. The normalized spacial score (nSPS) is 15.4. The molecule has 7 nitrogen and oxygen atoms in total. The van der Waals surface area contributed by atoms with E-state index in [0.29, 0.717) is 13.0 Å². The monoisotopic (exact) mass is 413 g/mol. The molecular weight excluding hydrogens is 384 g/mol. The molecule has 29 heavy (non-hydrogen) atoms. The second-order valence-corrected chi connectivity index (χ2v) is 6.63. The standard InChI is InChI=1S/C20H29F2N3O4/c1-4-23-20(25-11-8-15(9-12-25)18(26)28-3)24-10-7-14-5-6-16(27-2)17(13-14)29-19(21)22/h5-6,13,15,19H,4,7-12H2,1-3H3,(H,23,24). The topological polar surface area (TPSA) is 72.4 Å². The van der Waals surface area contributed by atoms with Gasteiger partial charge in [0.25, 0.3) is 0 Å². The summed E-state index contributed by atoms with van der Waals surface area (Å²) < 4.78 is 39.6. The number of hydrogen-bond acceptors (Lipinski definition) is 5. The number of piperidine rings is 1. The van der Waals surface area contributed by atoms with Gasteiger partial charge in [0.2, 0.25) is 0 Å². The van der Waals surface area contributed by atoms with Gasteiger partial charge in [-0.2, -0.15) is 8.78 Å². The Bertz CT molecular complexity index is 692. The van der Waals surface area contributed by atoms with Crippen molar-refractivity contribution in [2.24, 2.45) is 10.9 Å². The molecule has 1 fully saturated rings. The number of esters is 1. The van der Waals surface area contributed by atoms with Gasteiger partial charge in [-0.25, -0.2) is 0 Å². The number of guanidine groups is 1. The number of benzene rings is 1. The Hall–Kier alpha value is -2.58. The highest BCUT2D eigenvalue weighted by Gasteiger charge is 2.26. The first-order chi connectivity index (χ1) is 14.0. The van der Waals surface area contributed by atoms with Crippen molar-refractivity contribution in [2.45, 2.75) is 32.8 Å². The number of aliphatic imine (C=N–C) groups is 1. The van der Waals surface area contributed by atoms with Gasteiger partial charge in [0.05, 0.1) is 20.1 Å². The maximum Gasteiger partial charge on any atom is 0.387 e. The number of nitrogens with zero attached hydrogens (tertiary/aromatic N) is 2. The number of methoxy groups -OCH3 is 2. The zero-order valence-corrected chi connectivity index (χ0v) is 17.1. The zero-order valence-electron chi connectivity index (χ0n) is 17.1. The average Bonchev–Trinajstić information content (AvgIpc) is 2.72. The first-order valence-corrected chi connectivity index (χ1v) is 9.71. The smallest absolute Gasteiger partial charge is 0.387 e. The van der Waals surface area contributed by atoms with Crippen LogP contribution in [0.5, 0.6) is 11.5 Å². The summed E-state index contributed by atoms with van der Waals surface area (Å²) in [5.74, 6) is 0.841. The molecule has 0 radical (unpaired) electrons. The molecule has 1 aromatic carbocycles. The van der Waals surface area contributed by atoms with Crippen LogP contribution in [0.15, 0.2) is 23.2 Å². The van der Waals surface area contributed by atoms with Crippen molar-refractivity contribution in [1.82, 2.24) is 10.2 Å². The van der Waals surface area contributed by atoms with Crippen LogP contribution in [0.25, 0.3) is 0 Å². The van der Waals surface area contributed by atoms with Gasteiger partial charge in [-0.3, -0.25) is 9.79 Å². The van der Waals surface area contributed by atoms with Crippen LogP contribution in [0, 0.1) is 5.92 Å². The van der Waals surface area contributed by atoms with E-state index in [1.54, 1.807) is 12.1 Å². The Morgan fingerprint density at radius 2 is 2.00 bits per heavy atom. The molecule has 0 bridgehead atoms. The summed E-state index contributed by atoms with van der Waals surface area (Å²) in [5.41, 5.74) is 0.824. The highest BCUT2D eigenvalue weighted by Crippen LogP contribution is 2.29. The summed E-state index contributed by atoms with van der Waals surface area (Å²) >= 11 is 0. The Morgan fingerprint density at radius 1 is 1.28 bits per heavy atom. The van der Waals surface area contributed by atoms with Crippen molar-refractivity contribution < 1.29 is 27.8 Å². The Kier molecular flexibility index (Phi) is 8.95. The second-order valence-electron chi connectivity index (χ2n) is 6.63. The number of nitrogens with one attached hydrogen (secondary N) is 1. The lowest BCUT2D eigenvalue weighted by molar-refractivity contribution is -0.146. The van der Waals surface area contributed by atoms with Crippen molar-refractivity contribution in [1.29, 1.82) is 0 Å². The molecule has 0 aromatic heterocycles. The van der Waals surface area contributed by atoms with Crippen molar-refractivity contribution in [2.75, 3.05) is 40.4 Å². The molecular formula is C20H29F2N3O4. The van der Waals surface area contributed by atoms with Gasteiger partial charge in [-0.05, 0) is 43.9 Å². The van der Waals surface area contributed by atoms with E-state index in [9.17, 15) is 13.6 Å². The maximum absolute atomic E-state index is 12.6. The van der Waals surface area contributed by atoms with E-state index in [-0.39, 0.29) is 23.4 Å². The highest BCUT2D eigenvalue weighted by atomic mass is 19.3. The molecule has 162 valence electrons. The molecule has 1 N–H and O–H groups in total. The van der Waals surface area contributed by atoms with E-state index in [2.05, 4.69) is 19.9 Å². The lowest BCUT2D eigenvalue weighted by Crippen LogP contribution is -2.46. The van der Waals surface area contributed by atoms with Gasteiger partial charge in [-0.1, -0.05) is 6.07 Å². The fourth-order valence-corrected chi connectivity index (χ4v) is 3.28. The summed E-state index contributed by atoms with van der Waals surface area (Å²) in [6.45, 7) is 1.74. The zero-order chi connectivity index (χ0) is 21.2. The Labute approximate surface area is 170 Å². The average molecular weight is 413 g/mol. The largest absolute Gasteiger partial charge is 0.493 e. The predicted molar refractivity (Wildman–Crippen MR) is 106 cm³/mol. The lowest BCUT2D eigenvalue weighted by atomic mass is 9.97. The number of rotatable bonds is 8. The Morgan fingerprint density at radius 3 is 2.59 bits per heavy atom. The van der Waals surface area contributed by atoms with E-state index < -0.39 is 6.61 Å². The van der Waals surface area contributed by atoms with Gasteiger partial charge in [-0.15, -0.1) is 0 Å². The van der Waals surface area contributed by atoms with Crippen LogP contribution in [0.3, 0.4) is 0 Å². The van der Waals surface area contributed by atoms with Crippen molar-refractivity contribution in [3.05, 3.63) is 23.8 Å². The number of carbonyl (C=O) groups excluding carboxylic acids is 1. The number of carbonyl (C=O) groups is 1. The van der Waals surface area contributed by atoms with Crippen LogP contribution in [0.4, 0.5) is 8.78 Å². The van der Waals surface area contributed by atoms with Gasteiger partial charge in [0.15, 0.2) is 17.5 Å². The van der Waals surface area contributed by atoms with E-state index in [1.807, 2.05) is 13.0 Å². The molecule has 1 aliphatic heterocycles. The summed E-state index contributed by atoms with van der Waals surface area (Å²) in [5, 5.41) is 3.27. The van der Waals surface area contributed by atoms with Crippen molar-refractivity contribution in [3.63, 3.8) is 0 Å². The van der Waals surface area contributed by atoms with E-state index in [0.717, 1.165) is 44.0 Å². The van der Waals surface area contributed by atoms with Gasteiger partial charge < -0.3 is 24.4 Å². The summed E-state index contributed by atoms with van der Waals surface area (Å²) in [6.07, 6.45) is 2.02. The van der Waals surface area contributed by atoms with E-state index in [1.165, 1.54) is 14.2 Å². The molecule has 1 heterocycles. The molecule has 1 aromatic rings. The van der Waals surface area contributed by atoms with Crippen LogP contribution < -0.4 is 14.8 Å². The van der Waals surface area contributed by atoms with Gasteiger partial charge in [0, 0.05) is 26.2 Å². The van der Waals surface area contributed by atoms with Gasteiger partial charge in [0.1, 0.15) is 0 Å². The van der Waals surface area contributed by atoms with Crippen LogP contribution in [0.1, 0.15) is 25.3 Å². The summed E-state index contributed by atoms with van der Waals surface area (Å²) in [4.78, 5) is 18.5. The molecule has 0 spiro atoms. The number of ether oxygens (including phenoxy) is 3. The van der Waals surface area contributed by atoms with Crippen molar-refractivity contribution in [3.8, 4) is 11.5 Å². The quantitative estimate of drug-likeness (QED) is 0.401.